The zero-order valence-corrected chi connectivity index (χ0v) is 16.6. The molecule has 6 heteroatoms. The number of benzene rings is 2. The van der Waals surface area contributed by atoms with Crippen molar-refractivity contribution < 1.29 is 13.9 Å². The van der Waals surface area contributed by atoms with Crippen LogP contribution in [0.3, 0.4) is 0 Å². The summed E-state index contributed by atoms with van der Waals surface area (Å²) in [6.07, 6.45) is 2.26. The van der Waals surface area contributed by atoms with E-state index in [1.54, 1.807) is 7.11 Å². The standard InChI is InChI=1S/C23H24FN3O2/c1-15-12-22(27-11-3-4-19(27)14-29-2)20-10-9-18(13-21(20)25-15)26-23(28)16-5-7-17(24)8-6-16/h5-10,12-13,19H,3-4,11,14H2,1-2H3,(H,26,28). The number of carbonyl (C=O) groups is 1. The van der Waals surface area contributed by atoms with Gasteiger partial charge in [0.05, 0.1) is 18.2 Å². The highest BCUT2D eigenvalue weighted by molar-refractivity contribution is 6.05. The lowest BCUT2D eigenvalue weighted by atomic mass is 10.1. The lowest BCUT2D eigenvalue weighted by Gasteiger charge is -2.28. The van der Waals surface area contributed by atoms with Crippen LogP contribution in [-0.2, 0) is 4.74 Å². The number of rotatable bonds is 5. The molecular weight excluding hydrogens is 369 g/mol. The number of amides is 1. The molecule has 1 atom stereocenters. The van der Waals surface area contributed by atoms with Crippen LogP contribution in [0.1, 0.15) is 28.9 Å². The van der Waals surface area contributed by atoms with E-state index in [0.29, 0.717) is 23.9 Å². The van der Waals surface area contributed by atoms with Crippen molar-refractivity contribution >= 4 is 28.2 Å². The van der Waals surface area contributed by atoms with Gasteiger partial charge in [0.2, 0.25) is 0 Å². The number of hydrogen-bond donors (Lipinski definition) is 1. The fourth-order valence-corrected chi connectivity index (χ4v) is 3.98. The van der Waals surface area contributed by atoms with E-state index in [1.807, 2.05) is 25.1 Å². The van der Waals surface area contributed by atoms with E-state index < -0.39 is 0 Å². The number of ether oxygens (including phenoxy) is 1. The van der Waals surface area contributed by atoms with Gasteiger partial charge >= 0.3 is 0 Å². The van der Waals surface area contributed by atoms with Gasteiger partial charge in [0.15, 0.2) is 0 Å². The van der Waals surface area contributed by atoms with Crippen LogP contribution in [0.2, 0.25) is 0 Å². The second-order valence-corrected chi connectivity index (χ2v) is 7.42. The first-order chi connectivity index (χ1) is 14.0. The summed E-state index contributed by atoms with van der Waals surface area (Å²) in [7, 11) is 1.74. The minimum atomic E-state index is -0.367. The summed E-state index contributed by atoms with van der Waals surface area (Å²) in [6, 6.07) is 13.7. The Morgan fingerprint density at radius 2 is 2.03 bits per heavy atom. The van der Waals surface area contributed by atoms with E-state index in [4.69, 9.17) is 4.74 Å². The molecule has 1 unspecified atom stereocenters. The van der Waals surface area contributed by atoms with E-state index in [2.05, 4.69) is 21.3 Å². The molecule has 3 aromatic rings. The molecule has 150 valence electrons. The Morgan fingerprint density at radius 1 is 1.24 bits per heavy atom. The molecule has 0 spiro atoms. The van der Waals surface area contributed by atoms with Gasteiger partial charge in [0.25, 0.3) is 5.91 Å². The van der Waals surface area contributed by atoms with Crippen molar-refractivity contribution in [2.45, 2.75) is 25.8 Å². The predicted molar refractivity (Wildman–Crippen MR) is 113 cm³/mol. The zero-order chi connectivity index (χ0) is 20.4. The Bertz CT molecular complexity index is 1040. The van der Waals surface area contributed by atoms with Gasteiger partial charge in [0, 0.05) is 41.7 Å². The topological polar surface area (TPSA) is 54.5 Å². The van der Waals surface area contributed by atoms with Crippen molar-refractivity contribution in [3.05, 3.63) is 65.6 Å². The molecule has 1 aliphatic heterocycles. The van der Waals surface area contributed by atoms with Crippen molar-refractivity contribution in [3.63, 3.8) is 0 Å². The van der Waals surface area contributed by atoms with E-state index in [1.165, 1.54) is 24.3 Å². The molecule has 1 amide bonds. The van der Waals surface area contributed by atoms with Crippen molar-refractivity contribution in [2.24, 2.45) is 0 Å². The van der Waals surface area contributed by atoms with Gasteiger partial charge in [-0.25, -0.2) is 4.39 Å². The van der Waals surface area contributed by atoms with Gasteiger partial charge in [-0.2, -0.15) is 0 Å². The predicted octanol–water partition coefficient (Wildman–Crippen LogP) is 4.55. The molecule has 1 fully saturated rings. The number of hydrogen-bond acceptors (Lipinski definition) is 4. The lowest BCUT2D eigenvalue weighted by molar-refractivity contribution is 0.102. The van der Waals surface area contributed by atoms with Gasteiger partial charge in [0.1, 0.15) is 5.82 Å². The zero-order valence-electron chi connectivity index (χ0n) is 16.6. The Balaban J connectivity index is 1.64. The summed E-state index contributed by atoms with van der Waals surface area (Å²) >= 11 is 0. The number of fused-ring (bicyclic) bond motifs is 1. The van der Waals surface area contributed by atoms with Crippen LogP contribution >= 0.6 is 0 Å². The summed E-state index contributed by atoms with van der Waals surface area (Å²) in [4.78, 5) is 19.5. The molecule has 1 aromatic heterocycles. The van der Waals surface area contributed by atoms with Crippen molar-refractivity contribution in [1.82, 2.24) is 4.98 Å². The van der Waals surface area contributed by atoms with Gasteiger partial charge in [-0.3, -0.25) is 9.78 Å². The highest BCUT2D eigenvalue weighted by Gasteiger charge is 2.26. The largest absolute Gasteiger partial charge is 0.383 e. The summed E-state index contributed by atoms with van der Waals surface area (Å²) in [5.41, 5.74) is 3.98. The van der Waals surface area contributed by atoms with Crippen LogP contribution in [0.15, 0.2) is 48.5 Å². The first-order valence-corrected chi connectivity index (χ1v) is 9.79. The van der Waals surface area contributed by atoms with E-state index >= 15 is 0 Å². The highest BCUT2D eigenvalue weighted by Crippen LogP contribution is 2.33. The Labute approximate surface area is 169 Å². The summed E-state index contributed by atoms with van der Waals surface area (Å²) in [5.74, 6) is -0.648. The lowest BCUT2D eigenvalue weighted by Crippen LogP contribution is -2.33. The van der Waals surface area contributed by atoms with Gasteiger partial charge in [-0.15, -0.1) is 0 Å². The second kappa shape index (κ2) is 8.17. The smallest absolute Gasteiger partial charge is 0.255 e. The molecule has 1 aliphatic rings. The van der Waals surface area contributed by atoms with Crippen LogP contribution in [0.25, 0.3) is 10.9 Å². The van der Waals surface area contributed by atoms with Crippen molar-refractivity contribution in [2.75, 3.05) is 30.5 Å². The van der Waals surface area contributed by atoms with E-state index in [0.717, 1.165) is 41.7 Å². The molecule has 2 aromatic carbocycles. The Morgan fingerprint density at radius 3 is 2.79 bits per heavy atom. The van der Waals surface area contributed by atoms with Crippen LogP contribution in [0.4, 0.5) is 15.8 Å². The quantitative estimate of drug-likeness (QED) is 0.691. The normalized spacial score (nSPS) is 16.4. The van der Waals surface area contributed by atoms with Gasteiger partial charge < -0.3 is 15.0 Å². The third kappa shape index (κ3) is 4.07. The van der Waals surface area contributed by atoms with Gasteiger partial charge in [-0.05, 0) is 68.3 Å². The number of carbonyl (C=O) groups excluding carboxylic acids is 1. The molecule has 5 nitrogen and oxygen atoms in total. The molecule has 0 aliphatic carbocycles. The van der Waals surface area contributed by atoms with Crippen LogP contribution in [0.5, 0.6) is 0 Å². The summed E-state index contributed by atoms with van der Waals surface area (Å²) < 4.78 is 18.5. The third-order valence-electron chi connectivity index (χ3n) is 5.33. The molecule has 1 N–H and O–H groups in total. The van der Waals surface area contributed by atoms with Crippen molar-refractivity contribution in [1.29, 1.82) is 0 Å². The molecule has 1 saturated heterocycles. The Kier molecular flexibility index (Phi) is 5.45. The van der Waals surface area contributed by atoms with Gasteiger partial charge in [-0.1, -0.05) is 0 Å². The number of anilines is 2. The average molecular weight is 393 g/mol. The number of nitrogens with one attached hydrogen (secondary N) is 1. The summed E-state index contributed by atoms with van der Waals surface area (Å²) in [6.45, 7) is 3.68. The first kappa shape index (κ1) is 19.3. The number of pyridine rings is 1. The van der Waals surface area contributed by atoms with Crippen molar-refractivity contribution in [3.8, 4) is 0 Å². The summed E-state index contributed by atoms with van der Waals surface area (Å²) in [5, 5.41) is 3.93. The molecule has 0 saturated carbocycles. The highest BCUT2D eigenvalue weighted by atomic mass is 19.1. The maximum atomic E-state index is 13.1. The van der Waals surface area contributed by atoms with Crippen LogP contribution in [0, 0.1) is 12.7 Å². The number of aromatic nitrogens is 1. The minimum Gasteiger partial charge on any atom is -0.383 e. The van der Waals surface area contributed by atoms with Crippen LogP contribution < -0.4 is 10.2 Å². The SMILES string of the molecule is COCC1CCCN1c1cc(C)nc2cc(NC(=O)c3ccc(F)cc3)ccc12. The molecule has 29 heavy (non-hydrogen) atoms. The number of methoxy groups -OCH3 is 1. The molecule has 2 heterocycles. The van der Waals surface area contributed by atoms with E-state index in [9.17, 15) is 9.18 Å². The maximum Gasteiger partial charge on any atom is 0.255 e. The fourth-order valence-electron chi connectivity index (χ4n) is 3.98. The number of halogens is 1. The first-order valence-electron chi connectivity index (χ1n) is 9.79. The number of nitrogens with zero attached hydrogens (tertiary/aromatic N) is 2. The molecule has 0 radical (unpaired) electrons. The number of aryl methyl sites for hydroxylation is 1. The second-order valence-electron chi connectivity index (χ2n) is 7.42. The molecule has 4 rings (SSSR count). The maximum absolute atomic E-state index is 13.1. The molecular formula is C23H24FN3O2. The minimum absolute atomic E-state index is 0.281. The van der Waals surface area contributed by atoms with E-state index in [-0.39, 0.29) is 11.7 Å². The third-order valence-corrected chi connectivity index (χ3v) is 5.33. The monoisotopic (exact) mass is 393 g/mol. The Hall–Kier alpha value is -2.99. The molecule has 0 bridgehead atoms. The van der Waals surface area contributed by atoms with Crippen LogP contribution in [-0.4, -0.2) is 37.2 Å². The average Bonchev–Trinajstić information content (AvgIpc) is 3.16. The fraction of sp³-hybridized carbons (Fsp3) is 0.304.